The number of ketones is 1. The third-order valence-electron chi connectivity index (χ3n) is 3.48. The Hall–Kier alpha value is -1.56. The molecule has 1 aromatic carbocycles. The average molecular weight is 357 g/mol. The van der Waals surface area contributed by atoms with E-state index in [2.05, 4.69) is 0 Å². The highest BCUT2D eigenvalue weighted by molar-refractivity contribution is 7.10. The predicted molar refractivity (Wildman–Crippen MR) is 84.7 cm³/mol. The van der Waals surface area contributed by atoms with Gasteiger partial charge in [-0.25, -0.2) is 4.79 Å². The normalized spacial score (nSPS) is 16.6. The molecule has 0 fully saturated rings. The smallest absolute Gasteiger partial charge is 0.341 e. The van der Waals surface area contributed by atoms with Gasteiger partial charge in [0.1, 0.15) is 10.8 Å². The Morgan fingerprint density at radius 1 is 1.41 bits per heavy atom. The second-order valence-corrected chi connectivity index (χ2v) is 6.59. The van der Waals surface area contributed by atoms with Gasteiger partial charge < -0.3 is 9.84 Å². The number of halogens is 2. The van der Waals surface area contributed by atoms with Crippen molar-refractivity contribution in [2.24, 2.45) is 0 Å². The molecule has 2 aromatic rings. The van der Waals surface area contributed by atoms with Crippen LogP contribution in [0.3, 0.4) is 0 Å². The molecule has 1 unspecified atom stereocenters. The van der Waals surface area contributed by atoms with Crippen molar-refractivity contribution in [1.82, 2.24) is 0 Å². The number of rotatable bonds is 4. The summed E-state index contributed by atoms with van der Waals surface area (Å²) in [5.41, 5.74) is 1.14. The molecule has 22 heavy (non-hydrogen) atoms. The summed E-state index contributed by atoms with van der Waals surface area (Å²) in [5, 5.41) is 10.8. The summed E-state index contributed by atoms with van der Waals surface area (Å²) in [6.07, 6.45) is 0.509. The Morgan fingerprint density at radius 2 is 2.18 bits per heavy atom. The van der Waals surface area contributed by atoms with Gasteiger partial charge >= 0.3 is 5.97 Å². The number of carboxylic acids is 1. The first-order chi connectivity index (χ1) is 10.5. The van der Waals surface area contributed by atoms with E-state index in [1.807, 2.05) is 17.5 Å². The number of thiophene rings is 1. The zero-order chi connectivity index (χ0) is 15.9. The van der Waals surface area contributed by atoms with Crippen LogP contribution in [0.4, 0.5) is 0 Å². The fourth-order valence-corrected chi connectivity index (χ4v) is 3.87. The highest BCUT2D eigenvalue weighted by Crippen LogP contribution is 2.45. The van der Waals surface area contributed by atoms with Crippen LogP contribution in [0.25, 0.3) is 0 Å². The minimum absolute atomic E-state index is 0.0610. The molecule has 1 aromatic heterocycles. The zero-order valence-electron chi connectivity index (χ0n) is 11.1. The van der Waals surface area contributed by atoms with Gasteiger partial charge in [-0.15, -0.1) is 11.3 Å². The van der Waals surface area contributed by atoms with Crippen molar-refractivity contribution >= 4 is 46.3 Å². The number of fused-ring (bicyclic) bond motifs is 1. The van der Waals surface area contributed by atoms with E-state index in [0.29, 0.717) is 12.0 Å². The quantitative estimate of drug-likeness (QED) is 0.897. The van der Waals surface area contributed by atoms with E-state index >= 15 is 0 Å². The standard InChI is InChI=1S/C15H10Cl2O4S/c16-13-9(21-6-11(18)19)5-7-4-8(10-2-1-3-22-10)15(20)12(7)14(13)17/h1-3,5,8H,4,6H2,(H,18,19). The van der Waals surface area contributed by atoms with Crippen molar-refractivity contribution in [2.75, 3.05) is 6.61 Å². The van der Waals surface area contributed by atoms with Crippen LogP contribution >= 0.6 is 34.5 Å². The van der Waals surface area contributed by atoms with Gasteiger partial charge in [0, 0.05) is 10.4 Å². The van der Waals surface area contributed by atoms with Crippen molar-refractivity contribution in [1.29, 1.82) is 0 Å². The lowest BCUT2D eigenvalue weighted by atomic mass is 10.0. The van der Waals surface area contributed by atoms with Crippen molar-refractivity contribution in [2.45, 2.75) is 12.3 Å². The summed E-state index contributed by atoms with van der Waals surface area (Å²) < 4.78 is 5.14. The van der Waals surface area contributed by atoms with E-state index < -0.39 is 12.6 Å². The monoisotopic (exact) mass is 356 g/mol. The maximum atomic E-state index is 12.6. The summed E-state index contributed by atoms with van der Waals surface area (Å²) in [7, 11) is 0. The van der Waals surface area contributed by atoms with E-state index in [9.17, 15) is 9.59 Å². The first kappa shape index (κ1) is 15.3. The topological polar surface area (TPSA) is 63.6 Å². The van der Waals surface area contributed by atoms with Crippen molar-refractivity contribution < 1.29 is 19.4 Å². The molecule has 0 bridgehead atoms. The molecule has 0 aliphatic heterocycles. The summed E-state index contributed by atoms with van der Waals surface area (Å²) in [6, 6.07) is 5.42. The molecule has 7 heteroatoms. The van der Waals surface area contributed by atoms with Crippen LogP contribution < -0.4 is 4.74 Å². The van der Waals surface area contributed by atoms with E-state index in [-0.39, 0.29) is 27.5 Å². The Kier molecular flexibility index (Phi) is 4.12. The fourth-order valence-electron chi connectivity index (χ4n) is 2.53. The maximum Gasteiger partial charge on any atom is 0.341 e. The van der Waals surface area contributed by atoms with E-state index in [1.165, 1.54) is 11.3 Å². The number of aliphatic carboxylic acids is 1. The number of ether oxygens (including phenoxy) is 1. The highest BCUT2D eigenvalue weighted by Gasteiger charge is 2.36. The van der Waals surface area contributed by atoms with Crippen molar-refractivity contribution in [3.8, 4) is 5.75 Å². The molecule has 114 valence electrons. The van der Waals surface area contributed by atoms with Crippen molar-refractivity contribution in [3.63, 3.8) is 0 Å². The lowest BCUT2D eigenvalue weighted by molar-refractivity contribution is -0.139. The predicted octanol–water partition coefficient (Wildman–Crippen LogP) is 4.04. The molecule has 0 radical (unpaired) electrons. The molecule has 0 spiro atoms. The van der Waals surface area contributed by atoms with Crippen LogP contribution in [0.5, 0.6) is 5.75 Å². The number of benzene rings is 1. The Labute approximate surface area is 140 Å². The van der Waals surface area contributed by atoms with Gasteiger partial charge in [-0.3, -0.25) is 4.79 Å². The van der Waals surface area contributed by atoms with Crippen LogP contribution in [-0.2, 0) is 11.2 Å². The van der Waals surface area contributed by atoms with Crippen LogP contribution in [0.1, 0.15) is 26.7 Å². The molecule has 1 heterocycles. The van der Waals surface area contributed by atoms with Gasteiger partial charge in [-0.2, -0.15) is 0 Å². The Balaban J connectivity index is 1.98. The minimum atomic E-state index is -1.11. The molecule has 0 saturated carbocycles. The van der Waals surface area contributed by atoms with Crippen LogP contribution in [0.2, 0.25) is 10.0 Å². The molecule has 1 aliphatic rings. The first-order valence-corrected chi connectivity index (χ1v) is 8.05. The molecule has 0 saturated heterocycles. The molecule has 4 nitrogen and oxygen atoms in total. The summed E-state index contributed by atoms with van der Waals surface area (Å²) in [6.45, 7) is -0.517. The SMILES string of the molecule is O=C(O)COc1cc2c(c(Cl)c1Cl)C(=O)C(c1cccs1)C2. The summed E-state index contributed by atoms with van der Waals surface area (Å²) in [5.74, 6) is -1.25. The number of carbonyl (C=O) groups is 2. The Bertz CT molecular complexity index is 755. The number of hydrogen-bond acceptors (Lipinski definition) is 4. The number of hydrogen-bond donors (Lipinski definition) is 1. The molecular formula is C15H10Cl2O4S. The van der Waals surface area contributed by atoms with Gasteiger partial charge in [0.05, 0.1) is 10.9 Å². The molecule has 0 amide bonds. The molecule has 1 aliphatic carbocycles. The second-order valence-electron chi connectivity index (χ2n) is 4.86. The van der Waals surface area contributed by atoms with E-state index in [1.54, 1.807) is 6.07 Å². The molecule has 1 atom stereocenters. The third kappa shape index (κ3) is 2.60. The number of carbonyl (C=O) groups excluding carboxylic acids is 1. The molecular weight excluding hydrogens is 347 g/mol. The number of Topliss-reactive ketones (excluding diaryl/α,β-unsaturated/α-hetero) is 1. The minimum Gasteiger partial charge on any atom is -0.480 e. The van der Waals surface area contributed by atoms with E-state index in [0.717, 1.165) is 10.4 Å². The largest absolute Gasteiger partial charge is 0.480 e. The van der Waals surface area contributed by atoms with Crippen molar-refractivity contribution in [3.05, 3.63) is 49.6 Å². The van der Waals surface area contributed by atoms with Crippen LogP contribution in [0.15, 0.2) is 23.6 Å². The Morgan fingerprint density at radius 3 is 2.82 bits per heavy atom. The van der Waals surface area contributed by atoms with E-state index in [4.69, 9.17) is 33.0 Å². The number of carboxylic acid groups (broad SMARTS) is 1. The summed E-state index contributed by atoms with van der Waals surface area (Å²) in [4.78, 5) is 24.2. The lowest BCUT2D eigenvalue weighted by Gasteiger charge is -2.10. The maximum absolute atomic E-state index is 12.6. The fraction of sp³-hybridized carbons (Fsp3) is 0.200. The van der Waals surface area contributed by atoms with Gasteiger partial charge in [-0.05, 0) is 29.5 Å². The average Bonchev–Trinajstić information content (AvgIpc) is 3.09. The molecule has 3 rings (SSSR count). The molecule has 1 N–H and O–H groups in total. The lowest BCUT2D eigenvalue weighted by Crippen LogP contribution is -2.10. The van der Waals surface area contributed by atoms with Gasteiger partial charge in [0.25, 0.3) is 0 Å². The van der Waals surface area contributed by atoms with Gasteiger partial charge in [0.2, 0.25) is 0 Å². The highest BCUT2D eigenvalue weighted by atomic mass is 35.5. The second kappa shape index (κ2) is 5.91. The van der Waals surface area contributed by atoms with Gasteiger partial charge in [-0.1, -0.05) is 29.3 Å². The zero-order valence-corrected chi connectivity index (χ0v) is 13.5. The van der Waals surface area contributed by atoms with Crippen LogP contribution in [-0.4, -0.2) is 23.5 Å². The first-order valence-electron chi connectivity index (χ1n) is 6.42. The van der Waals surface area contributed by atoms with Gasteiger partial charge in [0.15, 0.2) is 12.4 Å². The summed E-state index contributed by atoms with van der Waals surface area (Å²) >= 11 is 13.8. The van der Waals surface area contributed by atoms with Crippen LogP contribution in [0, 0.1) is 0 Å². The third-order valence-corrected chi connectivity index (χ3v) is 5.32.